The van der Waals surface area contributed by atoms with Crippen LogP contribution < -0.4 is 11.1 Å². The molecule has 0 aliphatic carbocycles. The average Bonchev–Trinajstić information content (AvgIpc) is 2.29. The van der Waals surface area contributed by atoms with Gasteiger partial charge in [0.1, 0.15) is 0 Å². The van der Waals surface area contributed by atoms with Gasteiger partial charge in [0, 0.05) is 12.2 Å². The van der Waals surface area contributed by atoms with Gasteiger partial charge in [-0.15, -0.1) is 0 Å². The van der Waals surface area contributed by atoms with Crippen LogP contribution in [0.25, 0.3) is 0 Å². The molecule has 0 saturated heterocycles. The first-order valence-corrected chi connectivity index (χ1v) is 6.62. The van der Waals surface area contributed by atoms with Gasteiger partial charge in [-0.1, -0.05) is 26.8 Å². The highest BCUT2D eigenvalue weighted by atomic mass is 14.9. The van der Waals surface area contributed by atoms with Crippen molar-refractivity contribution >= 4 is 5.69 Å². The first kappa shape index (κ1) is 14.0. The quantitative estimate of drug-likeness (QED) is 0.793. The molecule has 1 aromatic carbocycles. The Morgan fingerprint density at radius 2 is 2.00 bits per heavy atom. The lowest BCUT2D eigenvalue weighted by molar-refractivity contribution is 0.413. The smallest absolute Gasteiger partial charge is 0.0343 e. The van der Waals surface area contributed by atoms with Gasteiger partial charge in [-0.05, 0) is 55.0 Å². The zero-order valence-electron chi connectivity index (χ0n) is 11.6. The maximum Gasteiger partial charge on any atom is 0.0343 e. The van der Waals surface area contributed by atoms with E-state index in [1.54, 1.807) is 0 Å². The number of aryl methyl sites for hydroxylation is 2. The predicted molar refractivity (Wildman–Crippen MR) is 76.4 cm³/mol. The van der Waals surface area contributed by atoms with Crippen LogP contribution >= 0.6 is 0 Å². The second-order valence-corrected chi connectivity index (χ2v) is 5.12. The summed E-state index contributed by atoms with van der Waals surface area (Å²) in [4.78, 5) is 0. The molecule has 0 saturated carbocycles. The van der Waals surface area contributed by atoms with E-state index in [-0.39, 0.29) is 0 Å². The summed E-state index contributed by atoms with van der Waals surface area (Å²) in [7, 11) is 0. The molecule has 0 amide bonds. The fraction of sp³-hybridized carbons (Fsp3) is 0.600. The van der Waals surface area contributed by atoms with Crippen molar-refractivity contribution in [3.8, 4) is 0 Å². The Bertz CT molecular complexity index is 345. The van der Waals surface area contributed by atoms with E-state index >= 15 is 0 Å². The lowest BCUT2D eigenvalue weighted by Crippen LogP contribution is -2.27. The minimum atomic E-state index is 0.543. The molecule has 0 heterocycles. The monoisotopic (exact) mass is 234 g/mol. The largest absolute Gasteiger partial charge is 0.385 e. The van der Waals surface area contributed by atoms with Crippen molar-refractivity contribution < 1.29 is 0 Å². The number of nitrogens with two attached hydrogens (primary N) is 1. The van der Waals surface area contributed by atoms with Crippen molar-refractivity contribution in [2.75, 3.05) is 18.4 Å². The van der Waals surface area contributed by atoms with Crippen LogP contribution in [0.2, 0.25) is 0 Å². The first-order chi connectivity index (χ1) is 8.08. The third kappa shape index (κ3) is 4.04. The molecule has 0 bridgehead atoms. The Morgan fingerprint density at radius 1 is 1.29 bits per heavy atom. The van der Waals surface area contributed by atoms with Gasteiger partial charge < -0.3 is 11.1 Å². The van der Waals surface area contributed by atoms with Crippen LogP contribution in [0.15, 0.2) is 18.2 Å². The summed E-state index contributed by atoms with van der Waals surface area (Å²) in [6, 6.07) is 6.61. The Hall–Kier alpha value is -1.02. The second-order valence-electron chi connectivity index (χ2n) is 5.12. The standard InChI is InChI=1S/C15H26N2/c1-5-13-6-7-15(8-12(13)4)17-10-14(9-16)11(2)3/h6-8,11,14,17H,5,9-10,16H2,1-4H3. The number of benzene rings is 1. The van der Waals surface area contributed by atoms with E-state index in [1.807, 2.05) is 0 Å². The molecule has 17 heavy (non-hydrogen) atoms. The molecule has 0 aliphatic rings. The summed E-state index contributed by atoms with van der Waals surface area (Å²) < 4.78 is 0. The van der Waals surface area contributed by atoms with E-state index in [9.17, 15) is 0 Å². The highest BCUT2D eigenvalue weighted by Crippen LogP contribution is 2.17. The third-order valence-electron chi connectivity index (χ3n) is 3.54. The van der Waals surface area contributed by atoms with E-state index in [4.69, 9.17) is 5.73 Å². The molecule has 1 rings (SSSR count). The number of hydrogen-bond donors (Lipinski definition) is 2. The molecule has 2 heteroatoms. The minimum absolute atomic E-state index is 0.543. The molecule has 1 atom stereocenters. The molecule has 1 aromatic rings. The zero-order valence-corrected chi connectivity index (χ0v) is 11.6. The summed E-state index contributed by atoms with van der Waals surface area (Å²) in [5.74, 6) is 1.17. The fourth-order valence-electron chi connectivity index (χ4n) is 2.04. The van der Waals surface area contributed by atoms with Crippen molar-refractivity contribution in [1.29, 1.82) is 0 Å². The van der Waals surface area contributed by atoms with Crippen molar-refractivity contribution in [1.82, 2.24) is 0 Å². The molecule has 3 N–H and O–H groups in total. The number of hydrogen-bond acceptors (Lipinski definition) is 2. The van der Waals surface area contributed by atoms with Crippen molar-refractivity contribution in [3.63, 3.8) is 0 Å². The van der Waals surface area contributed by atoms with Crippen LogP contribution in [-0.2, 0) is 6.42 Å². The Balaban J connectivity index is 2.60. The summed E-state index contributed by atoms with van der Waals surface area (Å²) in [6.07, 6.45) is 1.10. The van der Waals surface area contributed by atoms with Crippen molar-refractivity contribution in [2.24, 2.45) is 17.6 Å². The topological polar surface area (TPSA) is 38.0 Å². The van der Waals surface area contributed by atoms with Crippen LogP contribution in [0.1, 0.15) is 31.9 Å². The van der Waals surface area contributed by atoms with Crippen LogP contribution in [-0.4, -0.2) is 13.1 Å². The van der Waals surface area contributed by atoms with Crippen LogP contribution in [0, 0.1) is 18.8 Å². The van der Waals surface area contributed by atoms with Crippen LogP contribution in [0.5, 0.6) is 0 Å². The Morgan fingerprint density at radius 3 is 2.47 bits per heavy atom. The predicted octanol–water partition coefficient (Wildman–Crippen LogP) is 3.20. The summed E-state index contributed by atoms with van der Waals surface area (Å²) in [5, 5.41) is 3.49. The maximum absolute atomic E-state index is 5.77. The first-order valence-electron chi connectivity index (χ1n) is 6.62. The van der Waals surface area contributed by atoms with Gasteiger partial charge in [0.15, 0.2) is 0 Å². The summed E-state index contributed by atoms with van der Waals surface area (Å²) in [5.41, 5.74) is 9.77. The SMILES string of the molecule is CCc1ccc(NCC(CN)C(C)C)cc1C. The molecule has 0 aromatic heterocycles. The molecule has 0 spiro atoms. The molecule has 0 fully saturated rings. The highest BCUT2D eigenvalue weighted by molar-refractivity contribution is 5.48. The van der Waals surface area contributed by atoms with E-state index in [0.29, 0.717) is 11.8 Å². The molecule has 96 valence electrons. The highest BCUT2D eigenvalue weighted by Gasteiger charge is 2.10. The van der Waals surface area contributed by atoms with Crippen LogP contribution in [0.3, 0.4) is 0 Å². The van der Waals surface area contributed by atoms with Gasteiger partial charge in [-0.2, -0.15) is 0 Å². The zero-order chi connectivity index (χ0) is 12.8. The maximum atomic E-state index is 5.77. The number of anilines is 1. The molecular formula is C15H26N2. The second kappa shape index (κ2) is 6.65. The van der Waals surface area contributed by atoms with Gasteiger partial charge in [0.05, 0.1) is 0 Å². The number of nitrogens with one attached hydrogen (secondary N) is 1. The molecule has 0 aliphatic heterocycles. The molecule has 0 radical (unpaired) electrons. The van der Waals surface area contributed by atoms with E-state index in [1.165, 1.54) is 16.8 Å². The van der Waals surface area contributed by atoms with Crippen molar-refractivity contribution in [3.05, 3.63) is 29.3 Å². The lowest BCUT2D eigenvalue weighted by atomic mass is 9.96. The van der Waals surface area contributed by atoms with E-state index in [0.717, 1.165) is 19.5 Å². The van der Waals surface area contributed by atoms with Gasteiger partial charge in [0.2, 0.25) is 0 Å². The summed E-state index contributed by atoms with van der Waals surface area (Å²) in [6.45, 7) is 10.5. The summed E-state index contributed by atoms with van der Waals surface area (Å²) >= 11 is 0. The van der Waals surface area contributed by atoms with E-state index < -0.39 is 0 Å². The van der Waals surface area contributed by atoms with E-state index in [2.05, 4.69) is 51.2 Å². The van der Waals surface area contributed by atoms with Gasteiger partial charge in [0.25, 0.3) is 0 Å². The molecular weight excluding hydrogens is 208 g/mol. The van der Waals surface area contributed by atoms with Crippen molar-refractivity contribution in [2.45, 2.75) is 34.1 Å². The normalized spacial score (nSPS) is 12.8. The van der Waals surface area contributed by atoms with Gasteiger partial charge in [-0.3, -0.25) is 0 Å². The van der Waals surface area contributed by atoms with Gasteiger partial charge >= 0.3 is 0 Å². The van der Waals surface area contributed by atoms with Crippen LogP contribution in [0.4, 0.5) is 5.69 Å². The lowest BCUT2D eigenvalue weighted by Gasteiger charge is -2.20. The Labute approximate surface area is 106 Å². The fourth-order valence-corrected chi connectivity index (χ4v) is 2.04. The minimum Gasteiger partial charge on any atom is -0.385 e. The third-order valence-corrected chi connectivity index (χ3v) is 3.54. The average molecular weight is 234 g/mol. The molecule has 2 nitrogen and oxygen atoms in total. The number of rotatable bonds is 6. The van der Waals surface area contributed by atoms with Gasteiger partial charge in [-0.25, -0.2) is 0 Å². The molecule has 1 unspecified atom stereocenters. The Kier molecular flexibility index (Phi) is 5.49.